The van der Waals surface area contributed by atoms with E-state index in [0.717, 1.165) is 41.6 Å². The lowest BCUT2D eigenvalue weighted by Crippen LogP contribution is -2.36. The summed E-state index contributed by atoms with van der Waals surface area (Å²) in [5.41, 5.74) is 3.29. The molecule has 5 heteroatoms. The Bertz CT molecular complexity index is 940. The van der Waals surface area contributed by atoms with Crippen molar-refractivity contribution in [2.45, 2.75) is 38.1 Å². The molecule has 1 amide bonds. The molecule has 2 aromatic heterocycles. The molecule has 27 heavy (non-hydrogen) atoms. The highest BCUT2D eigenvalue weighted by Gasteiger charge is 2.28. The molecule has 0 aliphatic carbocycles. The number of carbonyl (C=O) groups excluding carboxylic acids is 1. The number of hydrogen-bond acceptors (Lipinski definition) is 2. The Labute approximate surface area is 159 Å². The summed E-state index contributed by atoms with van der Waals surface area (Å²) in [7, 11) is 3.73. The fraction of sp³-hybridized carbons (Fsp3) is 0.409. The van der Waals surface area contributed by atoms with Crippen molar-refractivity contribution in [3.8, 4) is 5.75 Å². The molecule has 1 atom stereocenters. The molecule has 142 valence electrons. The molecular weight excluding hydrogens is 338 g/mol. The minimum absolute atomic E-state index is 0.166. The molecule has 1 aliphatic rings. The SMILES string of the molecule is COc1ccc2[nH]cc(CC(=O)N3CCCCCC3c3cccn3C)c2c1. The quantitative estimate of drug-likeness (QED) is 0.753. The van der Waals surface area contributed by atoms with Gasteiger partial charge in [-0.3, -0.25) is 4.79 Å². The predicted molar refractivity (Wildman–Crippen MR) is 107 cm³/mol. The number of benzene rings is 1. The number of likely N-dealkylation sites (tertiary alicyclic amines) is 1. The van der Waals surface area contributed by atoms with E-state index < -0.39 is 0 Å². The second kappa shape index (κ2) is 7.51. The van der Waals surface area contributed by atoms with Gasteiger partial charge in [0.2, 0.25) is 5.91 Å². The number of aromatic nitrogens is 2. The van der Waals surface area contributed by atoms with Crippen LogP contribution in [0.5, 0.6) is 5.75 Å². The number of aromatic amines is 1. The highest BCUT2D eigenvalue weighted by atomic mass is 16.5. The number of nitrogens with zero attached hydrogens (tertiary/aromatic N) is 2. The van der Waals surface area contributed by atoms with Crippen LogP contribution in [-0.2, 0) is 18.3 Å². The molecule has 3 aromatic rings. The normalized spacial score (nSPS) is 17.9. The summed E-state index contributed by atoms with van der Waals surface area (Å²) in [6.45, 7) is 0.834. The molecule has 0 bridgehead atoms. The third-order valence-electron chi connectivity index (χ3n) is 5.71. The zero-order valence-corrected chi connectivity index (χ0v) is 16.1. The zero-order valence-electron chi connectivity index (χ0n) is 16.1. The Hall–Kier alpha value is -2.69. The standard InChI is InChI=1S/C22H27N3O2/c1-24-11-6-8-20(24)21-7-4-3-5-12-25(21)22(26)13-16-15-23-19-10-9-17(27-2)14-18(16)19/h6,8-11,14-15,21,23H,3-5,7,12-13H2,1-2H3. The molecule has 1 aliphatic heterocycles. The summed E-state index contributed by atoms with van der Waals surface area (Å²) in [5.74, 6) is 1.01. The maximum Gasteiger partial charge on any atom is 0.227 e. The minimum atomic E-state index is 0.166. The smallest absolute Gasteiger partial charge is 0.227 e. The Morgan fingerprint density at radius 2 is 2.15 bits per heavy atom. The number of aryl methyl sites for hydroxylation is 1. The molecule has 1 fully saturated rings. The van der Waals surface area contributed by atoms with E-state index in [-0.39, 0.29) is 11.9 Å². The largest absolute Gasteiger partial charge is 0.497 e. The first kappa shape index (κ1) is 17.7. The van der Waals surface area contributed by atoms with E-state index in [2.05, 4.69) is 39.8 Å². The molecule has 4 rings (SSSR count). The van der Waals surface area contributed by atoms with Gasteiger partial charge in [-0.2, -0.15) is 0 Å². The number of rotatable bonds is 4. The molecule has 1 aromatic carbocycles. The van der Waals surface area contributed by atoms with Crippen molar-refractivity contribution in [2.24, 2.45) is 7.05 Å². The number of H-pyrrole nitrogens is 1. The lowest BCUT2D eigenvalue weighted by Gasteiger charge is -2.30. The van der Waals surface area contributed by atoms with Gasteiger partial charge in [-0.15, -0.1) is 0 Å². The third kappa shape index (κ3) is 3.46. The number of nitrogens with one attached hydrogen (secondary N) is 1. The van der Waals surface area contributed by atoms with Gasteiger partial charge in [-0.05, 0) is 48.7 Å². The van der Waals surface area contributed by atoms with Crippen molar-refractivity contribution in [1.82, 2.24) is 14.5 Å². The molecule has 0 saturated carbocycles. The van der Waals surface area contributed by atoms with Gasteiger partial charge in [-0.25, -0.2) is 0 Å². The number of fused-ring (bicyclic) bond motifs is 1. The molecular formula is C22H27N3O2. The molecule has 1 unspecified atom stereocenters. The van der Waals surface area contributed by atoms with Crippen molar-refractivity contribution >= 4 is 16.8 Å². The van der Waals surface area contributed by atoms with Crippen LogP contribution in [0.4, 0.5) is 0 Å². The Morgan fingerprint density at radius 3 is 2.93 bits per heavy atom. The zero-order chi connectivity index (χ0) is 18.8. The summed E-state index contributed by atoms with van der Waals surface area (Å²) >= 11 is 0. The van der Waals surface area contributed by atoms with Crippen molar-refractivity contribution < 1.29 is 9.53 Å². The average molecular weight is 365 g/mol. The summed E-state index contributed by atoms with van der Waals surface area (Å²) < 4.78 is 7.50. The van der Waals surface area contributed by atoms with Gasteiger partial charge in [0.25, 0.3) is 0 Å². The third-order valence-corrected chi connectivity index (χ3v) is 5.71. The van der Waals surface area contributed by atoms with Gasteiger partial charge < -0.3 is 19.2 Å². The fourth-order valence-electron chi connectivity index (χ4n) is 4.23. The number of ether oxygens (including phenoxy) is 1. The van der Waals surface area contributed by atoms with Gasteiger partial charge >= 0.3 is 0 Å². The second-order valence-electron chi connectivity index (χ2n) is 7.40. The maximum atomic E-state index is 13.3. The molecule has 0 spiro atoms. The summed E-state index contributed by atoms with van der Waals surface area (Å²) in [4.78, 5) is 18.7. The summed E-state index contributed by atoms with van der Waals surface area (Å²) in [5, 5.41) is 1.06. The maximum absolute atomic E-state index is 13.3. The number of carbonyl (C=O) groups is 1. The van der Waals surface area contributed by atoms with Gasteiger partial charge in [0.15, 0.2) is 0 Å². The van der Waals surface area contributed by atoms with Crippen molar-refractivity contribution in [3.05, 3.63) is 54.0 Å². The molecule has 5 nitrogen and oxygen atoms in total. The van der Waals surface area contributed by atoms with Gasteiger partial charge in [0.1, 0.15) is 5.75 Å². The first-order valence-corrected chi connectivity index (χ1v) is 9.72. The summed E-state index contributed by atoms with van der Waals surface area (Å²) in [6.07, 6.45) is 8.90. The Morgan fingerprint density at radius 1 is 1.26 bits per heavy atom. The number of amides is 1. The van der Waals surface area contributed by atoms with Crippen LogP contribution in [0.25, 0.3) is 10.9 Å². The highest BCUT2D eigenvalue weighted by molar-refractivity contribution is 5.90. The van der Waals surface area contributed by atoms with E-state index in [1.165, 1.54) is 18.5 Å². The van der Waals surface area contributed by atoms with E-state index in [9.17, 15) is 4.79 Å². The van der Waals surface area contributed by atoms with E-state index in [1.807, 2.05) is 24.4 Å². The van der Waals surface area contributed by atoms with Crippen molar-refractivity contribution in [2.75, 3.05) is 13.7 Å². The number of methoxy groups -OCH3 is 1. The predicted octanol–water partition coefficient (Wildman–Crippen LogP) is 4.20. The van der Waals surface area contributed by atoms with Crippen LogP contribution in [0, 0.1) is 0 Å². The van der Waals surface area contributed by atoms with Gasteiger partial charge in [-0.1, -0.05) is 12.8 Å². The van der Waals surface area contributed by atoms with Crippen LogP contribution in [0.3, 0.4) is 0 Å². The topological polar surface area (TPSA) is 50.3 Å². The van der Waals surface area contributed by atoms with E-state index >= 15 is 0 Å². The van der Waals surface area contributed by atoms with E-state index in [0.29, 0.717) is 6.42 Å². The Kier molecular flexibility index (Phi) is 4.92. The minimum Gasteiger partial charge on any atom is -0.497 e. The first-order chi connectivity index (χ1) is 13.2. The van der Waals surface area contributed by atoms with Crippen molar-refractivity contribution in [1.29, 1.82) is 0 Å². The molecule has 1 N–H and O–H groups in total. The molecule has 3 heterocycles. The molecule has 1 saturated heterocycles. The second-order valence-corrected chi connectivity index (χ2v) is 7.40. The van der Waals surface area contributed by atoms with Crippen molar-refractivity contribution in [3.63, 3.8) is 0 Å². The van der Waals surface area contributed by atoms with Gasteiger partial charge in [0.05, 0.1) is 19.6 Å². The van der Waals surface area contributed by atoms with E-state index in [1.54, 1.807) is 7.11 Å². The highest BCUT2D eigenvalue weighted by Crippen LogP contribution is 2.31. The van der Waals surface area contributed by atoms with E-state index in [4.69, 9.17) is 4.74 Å². The fourth-order valence-corrected chi connectivity index (χ4v) is 4.23. The Balaban J connectivity index is 1.61. The molecule has 0 radical (unpaired) electrons. The first-order valence-electron chi connectivity index (χ1n) is 9.72. The lowest BCUT2D eigenvalue weighted by molar-refractivity contribution is -0.133. The lowest BCUT2D eigenvalue weighted by atomic mass is 10.0. The summed E-state index contributed by atoms with van der Waals surface area (Å²) in [6, 6.07) is 10.3. The van der Waals surface area contributed by atoms with Crippen LogP contribution in [0.2, 0.25) is 0 Å². The van der Waals surface area contributed by atoms with Crippen LogP contribution in [-0.4, -0.2) is 34.0 Å². The van der Waals surface area contributed by atoms with Crippen LogP contribution < -0.4 is 4.74 Å². The average Bonchev–Trinajstić information content (AvgIpc) is 3.19. The van der Waals surface area contributed by atoms with Crippen LogP contribution in [0.15, 0.2) is 42.7 Å². The van der Waals surface area contributed by atoms with Crippen LogP contribution >= 0.6 is 0 Å². The number of hydrogen-bond donors (Lipinski definition) is 1. The monoisotopic (exact) mass is 365 g/mol. The van der Waals surface area contributed by atoms with Crippen LogP contribution in [0.1, 0.15) is 43.0 Å². The van der Waals surface area contributed by atoms with Gasteiger partial charge in [0, 0.05) is 42.6 Å².